The lowest BCUT2D eigenvalue weighted by Gasteiger charge is -2.07. The summed E-state index contributed by atoms with van der Waals surface area (Å²) in [4.78, 5) is 0. The van der Waals surface area contributed by atoms with Crippen LogP contribution in [0.2, 0.25) is 0 Å². The Labute approximate surface area is 51.5 Å². The molecule has 0 aliphatic rings. The summed E-state index contributed by atoms with van der Waals surface area (Å²) in [6, 6.07) is -1.70. The first-order valence-corrected chi connectivity index (χ1v) is 1.77. The Hall–Kier alpha value is 0.0400. The highest BCUT2D eigenvalue weighted by Gasteiger charge is 2.32. The molecule has 0 aliphatic carbocycles. The van der Waals surface area contributed by atoms with Gasteiger partial charge in [0.2, 0.25) is 0 Å². The fourth-order valence-corrected chi connectivity index (χ4v) is 0. The molecule has 0 heterocycles. The van der Waals surface area contributed by atoms with Gasteiger partial charge in [-0.25, -0.2) is 0 Å². The van der Waals surface area contributed by atoms with Gasteiger partial charge in [0, 0.05) is 0 Å². The molecule has 52 valence electrons. The van der Waals surface area contributed by atoms with E-state index in [2.05, 4.69) is 5.73 Å². The Kier molecular flexibility index (Phi) is 4.29. The van der Waals surface area contributed by atoms with Gasteiger partial charge in [-0.05, 0) is 6.92 Å². The number of hydrogen-bond donors (Lipinski definition) is 1. The van der Waals surface area contributed by atoms with Crippen molar-refractivity contribution in [3.05, 3.63) is 0 Å². The van der Waals surface area contributed by atoms with Crippen LogP contribution in [0.5, 0.6) is 0 Å². The quantitative estimate of drug-likeness (QED) is 0.552. The van der Waals surface area contributed by atoms with Gasteiger partial charge in [0.25, 0.3) is 0 Å². The lowest BCUT2D eigenvalue weighted by molar-refractivity contribution is -0.143. The smallest absolute Gasteiger partial charge is 0.320 e. The second-order valence-electron chi connectivity index (χ2n) is 1.33. The first-order chi connectivity index (χ1) is 2.94. The zero-order chi connectivity index (χ0) is 6.08. The molecule has 8 heavy (non-hydrogen) atoms. The maximum absolute atomic E-state index is 11.1. The molecule has 0 aromatic heterocycles. The molecule has 0 amide bonds. The molecule has 0 radical (unpaired) electrons. The summed E-state index contributed by atoms with van der Waals surface area (Å²) in [6.45, 7) is 0.903. The van der Waals surface area contributed by atoms with Crippen molar-refractivity contribution < 1.29 is 13.2 Å². The van der Waals surface area contributed by atoms with Gasteiger partial charge in [0.1, 0.15) is 0 Å². The Morgan fingerprint density at radius 3 is 1.50 bits per heavy atom. The van der Waals surface area contributed by atoms with Crippen molar-refractivity contribution in [2.75, 3.05) is 0 Å². The van der Waals surface area contributed by atoms with E-state index in [0.717, 1.165) is 6.92 Å². The molecule has 0 rings (SSSR count). The van der Waals surface area contributed by atoms with Crippen LogP contribution in [-0.2, 0) is 0 Å². The summed E-state index contributed by atoms with van der Waals surface area (Å²) in [7, 11) is 0. The van der Waals surface area contributed by atoms with Crippen LogP contribution in [0.3, 0.4) is 0 Å². The maximum Gasteiger partial charge on any atom is 0.403 e. The fourth-order valence-electron chi connectivity index (χ4n) is 0. The van der Waals surface area contributed by atoms with Crippen LogP contribution in [0, 0.1) is 0 Å². The lowest BCUT2D eigenvalue weighted by atomic mass is 10.4. The first kappa shape index (κ1) is 10.9. The monoisotopic (exact) mass is 149 g/mol. The highest BCUT2D eigenvalue weighted by molar-refractivity contribution is 5.85. The molecule has 0 saturated heterocycles. The Balaban J connectivity index is 0. The van der Waals surface area contributed by atoms with Crippen LogP contribution in [0.25, 0.3) is 0 Å². The third-order valence-corrected chi connectivity index (χ3v) is 0.516. The molecule has 5 heteroatoms. The third kappa shape index (κ3) is 4.21. The van der Waals surface area contributed by atoms with Gasteiger partial charge < -0.3 is 5.73 Å². The molecule has 0 unspecified atom stereocenters. The molecule has 2 N–H and O–H groups in total. The van der Waals surface area contributed by atoms with Crippen molar-refractivity contribution in [3.63, 3.8) is 0 Å². The van der Waals surface area contributed by atoms with Crippen LogP contribution >= 0.6 is 12.4 Å². The van der Waals surface area contributed by atoms with Crippen molar-refractivity contribution in [1.29, 1.82) is 0 Å². The van der Waals surface area contributed by atoms with Gasteiger partial charge in [0.05, 0.1) is 6.04 Å². The highest BCUT2D eigenvalue weighted by Crippen LogP contribution is 2.16. The van der Waals surface area contributed by atoms with Gasteiger partial charge in [0.15, 0.2) is 0 Å². The van der Waals surface area contributed by atoms with Crippen molar-refractivity contribution in [2.45, 2.75) is 19.1 Å². The molecule has 0 aromatic carbocycles. The minimum Gasteiger partial charge on any atom is -0.320 e. The normalized spacial score (nSPS) is 14.6. The number of nitrogens with two attached hydrogens (primary N) is 1. The Morgan fingerprint density at radius 2 is 1.50 bits per heavy atom. The van der Waals surface area contributed by atoms with Gasteiger partial charge in [-0.1, -0.05) is 0 Å². The SMILES string of the molecule is C[C@H](N)C(F)(F)F.Cl. The molecule has 0 spiro atoms. The second-order valence-corrected chi connectivity index (χ2v) is 1.33. The molecule has 0 saturated carbocycles. The molecule has 1 nitrogen and oxygen atoms in total. The summed E-state index contributed by atoms with van der Waals surface area (Å²) in [5.74, 6) is 0. The summed E-state index contributed by atoms with van der Waals surface area (Å²) < 4.78 is 33.2. The van der Waals surface area contributed by atoms with E-state index < -0.39 is 12.2 Å². The van der Waals surface area contributed by atoms with E-state index in [1.165, 1.54) is 0 Å². The van der Waals surface area contributed by atoms with E-state index in [1.807, 2.05) is 0 Å². The molecule has 1 atom stereocenters. The van der Waals surface area contributed by atoms with Crippen LogP contribution in [0.1, 0.15) is 6.92 Å². The largest absolute Gasteiger partial charge is 0.403 e. The van der Waals surface area contributed by atoms with Crippen LogP contribution < -0.4 is 5.73 Å². The van der Waals surface area contributed by atoms with Crippen molar-refractivity contribution >= 4 is 12.4 Å². The van der Waals surface area contributed by atoms with E-state index in [9.17, 15) is 13.2 Å². The number of alkyl halides is 3. The summed E-state index contributed by atoms with van der Waals surface area (Å²) in [5, 5.41) is 0. The van der Waals surface area contributed by atoms with Crippen LogP contribution in [-0.4, -0.2) is 12.2 Å². The topological polar surface area (TPSA) is 26.0 Å². The van der Waals surface area contributed by atoms with E-state index in [1.54, 1.807) is 0 Å². The van der Waals surface area contributed by atoms with Crippen molar-refractivity contribution in [1.82, 2.24) is 0 Å². The van der Waals surface area contributed by atoms with Crippen LogP contribution in [0.15, 0.2) is 0 Å². The highest BCUT2D eigenvalue weighted by atomic mass is 35.5. The van der Waals surface area contributed by atoms with Gasteiger partial charge in [-0.15, -0.1) is 12.4 Å². The minimum atomic E-state index is -4.22. The van der Waals surface area contributed by atoms with Gasteiger partial charge in [-0.2, -0.15) is 13.2 Å². The number of hydrogen-bond acceptors (Lipinski definition) is 1. The lowest BCUT2D eigenvalue weighted by Crippen LogP contribution is -2.33. The van der Waals surface area contributed by atoms with E-state index in [0.29, 0.717) is 0 Å². The van der Waals surface area contributed by atoms with Crippen molar-refractivity contribution in [2.24, 2.45) is 5.73 Å². The summed E-state index contributed by atoms with van der Waals surface area (Å²) in [6.07, 6.45) is -4.22. The van der Waals surface area contributed by atoms with E-state index in [4.69, 9.17) is 0 Å². The molecule has 0 aliphatic heterocycles. The summed E-state index contributed by atoms with van der Waals surface area (Å²) >= 11 is 0. The number of rotatable bonds is 0. The van der Waals surface area contributed by atoms with E-state index >= 15 is 0 Å². The van der Waals surface area contributed by atoms with Crippen molar-refractivity contribution in [3.8, 4) is 0 Å². The second kappa shape index (κ2) is 3.14. The predicted octanol–water partition coefficient (Wildman–Crippen LogP) is 1.32. The standard InChI is InChI=1S/C3H6F3N.ClH/c1-2(7)3(4,5)6;/h2H,7H2,1H3;1H/t2-;/m0./s1. The zero-order valence-electron chi connectivity index (χ0n) is 4.20. The van der Waals surface area contributed by atoms with Crippen LogP contribution in [0.4, 0.5) is 13.2 Å². The minimum absolute atomic E-state index is 0. The first-order valence-electron chi connectivity index (χ1n) is 1.77. The predicted molar refractivity (Wildman–Crippen MR) is 27.0 cm³/mol. The Bertz CT molecular complexity index is 60.0. The van der Waals surface area contributed by atoms with E-state index in [-0.39, 0.29) is 12.4 Å². The zero-order valence-corrected chi connectivity index (χ0v) is 5.01. The third-order valence-electron chi connectivity index (χ3n) is 0.516. The number of halogens is 4. The molecule has 0 fully saturated rings. The van der Waals surface area contributed by atoms with Gasteiger partial charge in [-0.3, -0.25) is 0 Å². The average molecular weight is 150 g/mol. The molecule has 0 bridgehead atoms. The average Bonchev–Trinajstić information content (AvgIpc) is 1.31. The molecular formula is C3H7ClF3N. The molecule has 0 aromatic rings. The summed E-state index contributed by atoms with van der Waals surface area (Å²) in [5.41, 5.74) is 4.44. The Morgan fingerprint density at radius 1 is 1.38 bits per heavy atom. The van der Waals surface area contributed by atoms with Gasteiger partial charge >= 0.3 is 6.18 Å². The molecular weight excluding hydrogens is 142 g/mol. The maximum atomic E-state index is 11.1. The fraction of sp³-hybridized carbons (Fsp3) is 1.00.